The van der Waals surface area contributed by atoms with Gasteiger partial charge in [0.25, 0.3) is 0 Å². The van der Waals surface area contributed by atoms with Crippen LogP contribution < -0.4 is 5.32 Å². The van der Waals surface area contributed by atoms with Crippen LogP contribution in [-0.2, 0) is 4.79 Å². The summed E-state index contributed by atoms with van der Waals surface area (Å²) < 4.78 is 1.97. The van der Waals surface area contributed by atoms with Gasteiger partial charge in [-0.3, -0.25) is 4.79 Å². The molecular weight excluding hydrogens is 328 g/mol. The number of thioether (sulfide) groups is 1. The third-order valence-corrected chi connectivity index (χ3v) is 5.63. The second kappa shape index (κ2) is 7.59. The first-order chi connectivity index (χ1) is 11.3. The van der Waals surface area contributed by atoms with Crippen LogP contribution in [0, 0.1) is 0 Å². The molecule has 0 radical (unpaired) electrons. The molecule has 6 heteroatoms. The fourth-order valence-corrected chi connectivity index (χ4v) is 4.46. The number of thiazole rings is 1. The van der Waals surface area contributed by atoms with Crippen molar-refractivity contribution < 1.29 is 9.90 Å². The van der Waals surface area contributed by atoms with Gasteiger partial charge < -0.3 is 10.4 Å². The number of hydrogen-bond donors (Lipinski definition) is 2. The Kier molecular flexibility index (Phi) is 5.27. The topological polar surface area (TPSA) is 62.2 Å². The van der Waals surface area contributed by atoms with Crippen molar-refractivity contribution >= 4 is 39.2 Å². The second-order valence-electron chi connectivity index (χ2n) is 4.87. The van der Waals surface area contributed by atoms with Crippen LogP contribution in [-0.4, -0.2) is 29.1 Å². The van der Waals surface area contributed by atoms with Gasteiger partial charge in [0.15, 0.2) is 4.34 Å². The minimum absolute atomic E-state index is 0.0704. The summed E-state index contributed by atoms with van der Waals surface area (Å²) in [5, 5.41) is 11.3. The molecule has 0 fully saturated rings. The van der Waals surface area contributed by atoms with Gasteiger partial charge in [-0.25, -0.2) is 4.98 Å². The maximum atomic E-state index is 12.5. The van der Waals surface area contributed by atoms with Gasteiger partial charge in [0, 0.05) is 6.54 Å². The van der Waals surface area contributed by atoms with Gasteiger partial charge in [-0.05, 0) is 17.7 Å². The first kappa shape index (κ1) is 16.0. The largest absolute Gasteiger partial charge is 0.395 e. The molecule has 4 nitrogen and oxygen atoms in total. The summed E-state index contributed by atoms with van der Waals surface area (Å²) in [6.45, 7) is 0.182. The Balaban J connectivity index is 1.87. The van der Waals surface area contributed by atoms with Gasteiger partial charge in [0.2, 0.25) is 5.91 Å². The number of aliphatic hydroxyl groups is 1. The van der Waals surface area contributed by atoms with Crippen molar-refractivity contribution in [1.29, 1.82) is 0 Å². The predicted octanol–water partition coefficient (Wildman–Crippen LogP) is 3.24. The lowest BCUT2D eigenvalue weighted by molar-refractivity contribution is -0.120. The maximum Gasteiger partial charge on any atom is 0.238 e. The van der Waals surface area contributed by atoms with Gasteiger partial charge in [-0.2, -0.15) is 0 Å². The zero-order chi connectivity index (χ0) is 16.1. The number of benzene rings is 2. The number of rotatable bonds is 6. The zero-order valence-electron chi connectivity index (χ0n) is 12.3. The molecule has 0 aliphatic carbocycles. The molecule has 0 saturated heterocycles. The Morgan fingerprint density at radius 2 is 1.91 bits per heavy atom. The molecule has 3 aromatic rings. The molecule has 2 N–H and O–H groups in total. The predicted molar refractivity (Wildman–Crippen MR) is 94.8 cm³/mol. The van der Waals surface area contributed by atoms with E-state index in [0.717, 1.165) is 20.1 Å². The van der Waals surface area contributed by atoms with Crippen LogP contribution in [0.2, 0.25) is 0 Å². The van der Waals surface area contributed by atoms with Crippen LogP contribution in [0.25, 0.3) is 10.2 Å². The molecule has 1 unspecified atom stereocenters. The highest BCUT2D eigenvalue weighted by Crippen LogP contribution is 2.39. The fourth-order valence-electron chi connectivity index (χ4n) is 2.17. The Bertz CT molecular complexity index is 756. The number of hydrogen-bond acceptors (Lipinski definition) is 5. The SMILES string of the molecule is O=C(NCCO)C(Sc1nc2ccccc2s1)c1ccccc1. The molecule has 0 saturated carbocycles. The van der Waals surface area contributed by atoms with Crippen LogP contribution in [0.3, 0.4) is 0 Å². The standard InChI is InChI=1S/C17H16N2O2S2/c20-11-10-18-16(21)15(12-6-2-1-3-7-12)23-17-19-13-8-4-5-9-14(13)22-17/h1-9,15,20H,10-11H2,(H,18,21). The summed E-state index contributed by atoms with van der Waals surface area (Å²) in [5.41, 5.74) is 1.87. The van der Waals surface area contributed by atoms with Crippen molar-refractivity contribution in [3.63, 3.8) is 0 Å². The quantitative estimate of drug-likeness (QED) is 0.674. The Morgan fingerprint density at radius 3 is 2.65 bits per heavy atom. The number of carbonyl (C=O) groups is 1. The summed E-state index contributed by atoms with van der Waals surface area (Å²) in [6.07, 6.45) is 0. The number of aliphatic hydroxyl groups excluding tert-OH is 1. The molecule has 0 aliphatic rings. The molecular formula is C17H16N2O2S2. The molecule has 2 aromatic carbocycles. The minimum atomic E-state index is -0.386. The van der Waals surface area contributed by atoms with E-state index in [0.29, 0.717) is 0 Å². The van der Waals surface area contributed by atoms with Gasteiger partial charge in [0.05, 0.1) is 16.8 Å². The van der Waals surface area contributed by atoms with Crippen molar-refractivity contribution in [1.82, 2.24) is 10.3 Å². The average molecular weight is 344 g/mol. The number of para-hydroxylation sites is 1. The van der Waals surface area contributed by atoms with Crippen LogP contribution >= 0.6 is 23.1 Å². The summed E-state index contributed by atoms with van der Waals surface area (Å²) in [6, 6.07) is 17.6. The van der Waals surface area contributed by atoms with Crippen LogP contribution in [0.15, 0.2) is 58.9 Å². The first-order valence-corrected chi connectivity index (χ1v) is 8.93. The third-order valence-electron chi connectivity index (χ3n) is 3.24. The van der Waals surface area contributed by atoms with Gasteiger partial charge in [-0.15, -0.1) is 11.3 Å². The smallest absolute Gasteiger partial charge is 0.238 e. The number of nitrogens with zero attached hydrogens (tertiary/aromatic N) is 1. The second-order valence-corrected chi connectivity index (χ2v) is 7.25. The van der Waals surface area contributed by atoms with E-state index in [4.69, 9.17) is 5.11 Å². The van der Waals surface area contributed by atoms with E-state index in [2.05, 4.69) is 10.3 Å². The number of carbonyl (C=O) groups excluding carboxylic acids is 1. The molecule has 0 bridgehead atoms. The Hall–Kier alpha value is -1.89. The van der Waals surface area contributed by atoms with Crippen molar-refractivity contribution in [2.24, 2.45) is 0 Å². The number of aromatic nitrogens is 1. The number of amides is 1. The lowest BCUT2D eigenvalue weighted by Gasteiger charge is -2.15. The lowest BCUT2D eigenvalue weighted by atomic mass is 10.1. The molecule has 0 aliphatic heterocycles. The summed E-state index contributed by atoms with van der Waals surface area (Å²) in [5.74, 6) is -0.116. The highest BCUT2D eigenvalue weighted by molar-refractivity contribution is 8.02. The van der Waals surface area contributed by atoms with Gasteiger partial charge >= 0.3 is 0 Å². The Morgan fingerprint density at radius 1 is 1.17 bits per heavy atom. The van der Waals surface area contributed by atoms with E-state index in [9.17, 15) is 4.79 Å². The molecule has 3 rings (SSSR count). The number of fused-ring (bicyclic) bond motifs is 1. The van der Waals surface area contributed by atoms with Crippen LogP contribution in [0.5, 0.6) is 0 Å². The first-order valence-electron chi connectivity index (χ1n) is 7.23. The molecule has 0 spiro atoms. The summed E-state index contributed by atoms with van der Waals surface area (Å²) >= 11 is 3.02. The highest BCUT2D eigenvalue weighted by atomic mass is 32.2. The van der Waals surface area contributed by atoms with E-state index in [1.807, 2.05) is 54.6 Å². The normalized spacial score (nSPS) is 12.2. The van der Waals surface area contributed by atoms with Crippen molar-refractivity contribution in [2.45, 2.75) is 9.59 Å². The van der Waals surface area contributed by atoms with E-state index in [1.54, 1.807) is 11.3 Å². The monoisotopic (exact) mass is 344 g/mol. The molecule has 1 amide bonds. The zero-order valence-corrected chi connectivity index (χ0v) is 13.9. The van der Waals surface area contributed by atoms with Crippen LogP contribution in [0.4, 0.5) is 0 Å². The molecule has 1 heterocycles. The van der Waals surface area contributed by atoms with E-state index >= 15 is 0 Å². The van der Waals surface area contributed by atoms with E-state index in [-0.39, 0.29) is 24.3 Å². The third kappa shape index (κ3) is 3.90. The molecule has 1 atom stereocenters. The van der Waals surface area contributed by atoms with Crippen molar-refractivity contribution in [3.05, 3.63) is 60.2 Å². The van der Waals surface area contributed by atoms with Gasteiger partial charge in [0.1, 0.15) is 5.25 Å². The van der Waals surface area contributed by atoms with E-state index in [1.165, 1.54) is 11.8 Å². The highest BCUT2D eigenvalue weighted by Gasteiger charge is 2.23. The maximum absolute atomic E-state index is 12.5. The van der Waals surface area contributed by atoms with Gasteiger partial charge in [-0.1, -0.05) is 54.2 Å². The van der Waals surface area contributed by atoms with Crippen molar-refractivity contribution in [3.8, 4) is 0 Å². The average Bonchev–Trinajstić information content (AvgIpc) is 3.01. The molecule has 23 heavy (non-hydrogen) atoms. The molecule has 1 aromatic heterocycles. The Labute approximate surface area is 142 Å². The minimum Gasteiger partial charge on any atom is -0.395 e. The summed E-state index contributed by atoms with van der Waals surface area (Å²) in [7, 11) is 0. The van der Waals surface area contributed by atoms with Crippen LogP contribution in [0.1, 0.15) is 10.8 Å². The lowest BCUT2D eigenvalue weighted by Crippen LogP contribution is -2.30. The fraction of sp³-hybridized carbons (Fsp3) is 0.176. The molecule has 118 valence electrons. The number of nitrogens with one attached hydrogen (secondary N) is 1. The van der Waals surface area contributed by atoms with E-state index < -0.39 is 0 Å². The van der Waals surface area contributed by atoms with Crippen molar-refractivity contribution in [2.75, 3.05) is 13.2 Å². The summed E-state index contributed by atoms with van der Waals surface area (Å²) in [4.78, 5) is 17.0.